The third kappa shape index (κ3) is 6.49. The summed E-state index contributed by atoms with van der Waals surface area (Å²) in [5.74, 6) is -0.521. The van der Waals surface area contributed by atoms with Crippen LogP contribution >= 0.6 is 0 Å². The number of carbonyl (C=O) groups excluding carboxylic acids is 4. The lowest BCUT2D eigenvalue weighted by Gasteiger charge is -2.31. The Kier molecular flexibility index (Phi) is 10.7. The van der Waals surface area contributed by atoms with Gasteiger partial charge in [-0.2, -0.15) is 0 Å². The SMILES string of the molecule is C=C[C@](C)(CO)C(=O)N1C(=O)OC[C@H]1C(C)C.C=C[C@](C)(COC)C(=O)N1C(=O)OC[C@H]1C(C)C. The number of cyclic esters (lactones) is 2. The number of hydrogen-bond acceptors (Lipinski definition) is 8. The van der Waals surface area contributed by atoms with E-state index in [0.29, 0.717) is 0 Å². The highest BCUT2D eigenvalue weighted by atomic mass is 16.6. The average molecular weight is 497 g/mol. The third-order valence-electron chi connectivity index (χ3n) is 6.44. The zero-order valence-corrected chi connectivity index (χ0v) is 21.9. The van der Waals surface area contributed by atoms with Gasteiger partial charge in [-0.1, -0.05) is 39.8 Å². The van der Waals surface area contributed by atoms with Crippen molar-refractivity contribution in [3.05, 3.63) is 25.3 Å². The second kappa shape index (κ2) is 12.3. The number of ether oxygens (including phenoxy) is 3. The number of rotatable bonds is 9. The zero-order valence-electron chi connectivity index (χ0n) is 21.9. The second-order valence-corrected chi connectivity index (χ2v) is 9.96. The van der Waals surface area contributed by atoms with E-state index in [9.17, 15) is 24.3 Å². The molecule has 2 aliphatic heterocycles. The van der Waals surface area contributed by atoms with E-state index in [2.05, 4.69) is 13.2 Å². The Morgan fingerprint density at radius 1 is 0.971 bits per heavy atom. The summed E-state index contributed by atoms with van der Waals surface area (Å²) in [4.78, 5) is 50.3. The Morgan fingerprint density at radius 2 is 1.34 bits per heavy atom. The first kappa shape index (κ1) is 30.3. The highest BCUT2D eigenvalue weighted by molar-refractivity contribution is 5.98. The van der Waals surface area contributed by atoms with Gasteiger partial charge in [-0.05, 0) is 25.7 Å². The first-order valence-corrected chi connectivity index (χ1v) is 11.6. The molecule has 2 saturated heterocycles. The molecule has 198 valence electrons. The maximum atomic E-state index is 12.5. The molecule has 4 atom stereocenters. The molecule has 0 aromatic rings. The quantitative estimate of drug-likeness (QED) is 0.483. The number of aliphatic hydroxyl groups is 1. The van der Waals surface area contributed by atoms with E-state index in [1.165, 1.54) is 24.2 Å². The number of hydrogen-bond donors (Lipinski definition) is 1. The molecule has 0 bridgehead atoms. The molecular formula is C25H40N2O8. The van der Waals surface area contributed by atoms with Crippen molar-refractivity contribution in [2.24, 2.45) is 22.7 Å². The molecule has 0 spiro atoms. The summed E-state index contributed by atoms with van der Waals surface area (Å²) in [5.41, 5.74) is -2.05. The topological polar surface area (TPSA) is 123 Å². The number of aliphatic hydroxyl groups excluding tert-OH is 1. The molecule has 10 nitrogen and oxygen atoms in total. The highest BCUT2D eigenvalue weighted by Gasteiger charge is 2.46. The van der Waals surface area contributed by atoms with E-state index >= 15 is 0 Å². The molecule has 0 radical (unpaired) electrons. The monoisotopic (exact) mass is 496 g/mol. The van der Waals surface area contributed by atoms with Gasteiger partial charge < -0.3 is 19.3 Å². The molecule has 10 heteroatoms. The van der Waals surface area contributed by atoms with E-state index in [1.807, 2.05) is 27.7 Å². The van der Waals surface area contributed by atoms with E-state index in [0.717, 1.165) is 4.90 Å². The lowest BCUT2D eigenvalue weighted by molar-refractivity contribution is -0.140. The molecule has 0 aromatic heterocycles. The van der Waals surface area contributed by atoms with Crippen LogP contribution in [0.3, 0.4) is 0 Å². The number of imide groups is 2. The standard InChI is InChI=1S/C13H21NO4.C12H19NO4/c1-6-13(4,8-17-5)11(15)14-10(9(2)3)7-18-12(14)16;1-5-12(4,7-14)10(15)13-9(8(2)3)6-17-11(13)16/h6,9-10H,1,7-8H2,2-5H3;5,8-9,14H,1,6-7H2,2-4H3/t10-,13+;9-,12+/m00/s1. The number of carbonyl (C=O) groups is 4. The molecule has 2 fully saturated rings. The Labute approximate surface area is 207 Å². The van der Waals surface area contributed by atoms with Crippen LogP contribution in [0.1, 0.15) is 41.5 Å². The fourth-order valence-electron chi connectivity index (χ4n) is 3.60. The summed E-state index contributed by atoms with van der Waals surface area (Å²) in [5, 5.41) is 9.26. The van der Waals surface area contributed by atoms with Crippen molar-refractivity contribution in [3.8, 4) is 0 Å². The van der Waals surface area contributed by atoms with Crippen LogP contribution in [-0.2, 0) is 23.8 Å². The van der Waals surface area contributed by atoms with Gasteiger partial charge in [0.25, 0.3) is 0 Å². The van der Waals surface area contributed by atoms with Crippen LogP contribution in [-0.4, -0.2) is 84.5 Å². The van der Waals surface area contributed by atoms with Crippen molar-refractivity contribution < 1.29 is 38.5 Å². The van der Waals surface area contributed by atoms with Gasteiger partial charge in [0.05, 0.1) is 36.1 Å². The first-order chi connectivity index (χ1) is 16.2. The Hall–Kier alpha value is -2.72. The van der Waals surface area contributed by atoms with Crippen LogP contribution in [0.2, 0.25) is 0 Å². The van der Waals surface area contributed by atoms with Gasteiger partial charge in [-0.25, -0.2) is 19.4 Å². The lowest BCUT2D eigenvalue weighted by atomic mass is 9.89. The van der Waals surface area contributed by atoms with Crippen LogP contribution < -0.4 is 0 Å². The van der Waals surface area contributed by atoms with Gasteiger partial charge in [-0.15, -0.1) is 13.2 Å². The summed E-state index contributed by atoms with van der Waals surface area (Å²) in [6.07, 6.45) is 1.65. The fourth-order valence-corrected chi connectivity index (χ4v) is 3.60. The maximum absolute atomic E-state index is 12.5. The third-order valence-corrected chi connectivity index (χ3v) is 6.44. The van der Waals surface area contributed by atoms with Crippen molar-refractivity contribution >= 4 is 24.0 Å². The molecule has 0 aliphatic carbocycles. The smallest absolute Gasteiger partial charge is 0.417 e. The van der Waals surface area contributed by atoms with E-state index in [1.54, 1.807) is 13.8 Å². The van der Waals surface area contributed by atoms with Gasteiger partial charge in [0.2, 0.25) is 11.8 Å². The predicted octanol–water partition coefficient (Wildman–Crippen LogP) is 3.00. The minimum Gasteiger partial charge on any atom is -0.447 e. The van der Waals surface area contributed by atoms with Crippen molar-refractivity contribution in [1.82, 2.24) is 9.80 Å². The first-order valence-electron chi connectivity index (χ1n) is 11.6. The van der Waals surface area contributed by atoms with Crippen LogP contribution in [0.25, 0.3) is 0 Å². The average Bonchev–Trinajstić information content (AvgIpc) is 3.40. The highest BCUT2D eigenvalue weighted by Crippen LogP contribution is 2.29. The molecule has 2 heterocycles. The van der Waals surface area contributed by atoms with Crippen molar-refractivity contribution in [2.75, 3.05) is 33.5 Å². The van der Waals surface area contributed by atoms with Gasteiger partial charge >= 0.3 is 12.2 Å². The molecule has 1 N–H and O–H groups in total. The molecular weight excluding hydrogens is 456 g/mol. The Balaban J connectivity index is 0.000000351. The van der Waals surface area contributed by atoms with E-state index in [4.69, 9.17) is 14.2 Å². The fraction of sp³-hybridized carbons (Fsp3) is 0.680. The number of nitrogens with zero attached hydrogens (tertiary/aromatic N) is 2. The number of amides is 4. The second-order valence-electron chi connectivity index (χ2n) is 9.96. The van der Waals surface area contributed by atoms with Crippen molar-refractivity contribution in [3.63, 3.8) is 0 Å². The number of methoxy groups -OCH3 is 1. The van der Waals surface area contributed by atoms with Crippen LogP contribution in [0.4, 0.5) is 9.59 Å². The van der Waals surface area contributed by atoms with Crippen molar-refractivity contribution in [1.29, 1.82) is 0 Å². The summed E-state index contributed by atoms with van der Waals surface area (Å²) >= 11 is 0. The molecule has 0 saturated carbocycles. The summed E-state index contributed by atoms with van der Waals surface area (Å²) in [6.45, 7) is 18.4. The molecule has 2 aliphatic rings. The summed E-state index contributed by atoms with van der Waals surface area (Å²) in [7, 11) is 1.51. The predicted molar refractivity (Wildman–Crippen MR) is 129 cm³/mol. The minimum absolute atomic E-state index is 0.109. The molecule has 0 unspecified atom stereocenters. The molecule has 2 rings (SSSR count). The molecule has 0 aromatic carbocycles. The zero-order chi connectivity index (χ0) is 27.1. The van der Waals surface area contributed by atoms with Crippen molar-refractivity contribution in [2.45, 2.75) is 53.6 Å². The summed E-state index contributed by atoms with van der Waals surface area (Å²) < 4.78 is 14.9. The van der Waals surface area contributed by atoms with Gasteiger partial charge in [0.1, 0.15) is 13.2 Å². The molecule has 35 heavy (non-hydrogen) atoms. The van der Waals surface area contributed by atoms with Crippen LogP contribution in [0.15, 0.2) is 25.3 Å². The maximum Gasteiger partial charge on any atom is 0.417 e. The summed E-state index contributed by atoms with van der Waals surface area (Å²) in [6, 6.07) is -0.498. The van der Waals surface area contributed by atoms with E-state index in [-0.39, 0.29) is 56.3 Å². The molecule has 4 amide bonds. The lowest BCUT2D eigenvalue weighted by Crippen LogP contribution is -2.49. The largest absolute Gasteiger partial charge is 0.447 e. The normalized spacial score (nSPS) is 23.1. The van der Waals surface area contributed by atoms with Gasteiger partial charge in [0, 0.05) is 7.11 Å². The minimum atomic E-state index is -1.14. The van der Waals surface area contributed by atoms with E-state index < -0.39 is 28.9 Å². The Morgan fingerprint density at radius 3 is 1.63 bits per heavy atom. The van der Waals surface area contributed by atoms with Gasteiger partial charge in [0.15, 0.2) is 0 Å². The van der Waals surface area contributed by atoms with Gasteiger partial charge in [-0.3, -0.25) is 9.59 Å². The van der Waals surface area contributed by atoms with Crippen LogP contribution in [0, 0.1) is 22.7 Å². The Bertz CT molecular complexity index is 826. The van der Waals surface area contributed by atoms with Crippen LogP contribution in [0.5, 0.6) is 0 Å².